The molecule has 0 aliphatic heterocycles. The zero-order valence-electron chi connectivity index (χ0n) is 9.26. The van der Waals surface area contributed by atoms with Gasteiger partial charge < -0.3 is 5.11 Å². The number of benzene rings is 2. The second-order valence-electron chi connectivity index (χ2n) is 3.94. The maximum Gasteiger partial charge on any atom is 0.321 e. The minimum atomic E-state index is -0.840. The monoisotopic (exact) mass is 247 g/mol. The van der Waals surface area contributed by atoms with Crippen LogP contribution in [-0.2, 0) is 11.2 Å². The summed E-state index contributed by atoms with van der Waals surface area (Å²) in [5.41, 5.74) is 1.02. The van der Waals surface area contributed by atoms with Gasteiger partial charge in [0.2, 0.25) is 0 Å². The molecule has 2 N–H and O–H groups in total. The molecular formula is C13H14NO2P. The topological polar surface area (TPSA) is 49.3 Å². The highest BCUT2D eigenvalue weighted by Crippen LogP contribution is 2.16. The van der Waals surface area contributed by atoms with Gasteiger partial charge in [-0.05, 0) is 22.8 Å². The second kappa shape index (κ2) is 5.26. The molecule has 4 heteroatoms. The Morgan fingerprint density at radius 3 is 2.59 bits per heavy atom. The Morgan fingerprint density at radius 2 is 1.94 bits per heavy atom. The lowest BCUT2D eigenvalue weighted by molar-refractivity contribution is -0.138. The number of carboxylic acids is 1. The molecule has 0 aromatic heterocycles. The first-order valence-corrected chi connectivity index (χ1v) is 5.95. The Labute approximate surface area is 102 Å². The molecule has 0 spiro atoms. The van der Waals surface area contributed by atoms with Crippen LogP contribution in [0.2, 0.25) is 0 Å². The highest BCUT2D eigenvalue weighted by atomic mass is 31.0. The van der Waals surface area contributed by atoms with Gasteiger partial charge in [-0.15, -0.1) is 0 Å². The van der Waals surface area contributed by atoms with Gasteiger partial charge in [0.05, 0.1) is 0 Å². The van der Waals surface area contributed by atoms with E-state index in [1.165, 1.54) is 5.39 Å². The van der Waals surface area contributed by atoms with E-state index in [0.29, 0.717) is 6.42 Å². The maximum absolute atomic E-state index is 10.9. The molecule has 88 valence electrons. The number of hydrogen-bond acceptors (Lipinski definition) is 2. The Hall–Kier alpha value is -1.44. The highest BCUT2D eigenvalue weighted by molar-refractivity contribution is 7.13. The van der Waals surface area contributed by atoms with E-state index < -0.39 is 12.0 Å². The third kappa shape index (κ3) is 2.82. The molecule has 2 rings (SSSR count). The second-order valence-corrected chi connectivity index (χ2v) is 4.28. The predicted molar refractivity (Wildman–Crippen MR) is 71.9 cm³/mol. The van der Waals surface area contributed by atoms with Crippen molar-refractivity contribution in [2.45, 2.75) is 12.5 Å². The van der Waals surface area contributed by atoms with Crippen molar-refractivity contribution in [3.8, 4) is 0 Å². The molecule has 0 aliphatic carbocycles. The smallest absolute Gasteiger partial charge is 0.321 e. The lowest BCUT2D eigenvalue weighted by atomic mass is 10.0. The SMILES string of the molecule is O=C(O)[C@H](Cc1ccc2ccccc2c1)NP. The number of hydrogen-bond donors (Lipinski definition) is 2. The molecule has 3 nitrogen and oxygen atoms in total. The summed E-state index contributed by atoms with van der Waals surface area (Å²) in [4.78, 5) is 10.9. The van der Waals surface area contributed by atoms with Crippen LogP contribution >= 0.6 is 9.39 Å². The fourth-order valence-electron chi connectivity index (χ4n) is 1.82. The molecule has 2 aromatic rings. The fourth-order valence-corrected chi connectivity index (χ4v) is 2.08. The molecule has 0 aliphatic rings. The molecule has 0 bridgehead atoms. The molecule has 1 unspecified atom stereocenters. The van der Waals surface area contributed by atoms with Gasteiger partial charge in [0.15, 0.2) is 0 Å². The van der Waals surface area contributed by atoms with Crippen LogP contribution in [0.3, 0.4) is 0 Å². The number of rotatable bonds is 4. The molecule has 0 fully saturated rings. The van der Waals surface area contributed by atoms with Crippen molar-refractivity contribution < 1.29 is 9.90 Å². The van der Waals surface area contributed by atoms with E-state index in [0.717, 1.165) is 10.9 Å². The molecule has 2 aromatic carbocycles. The van der Waals surface area contributed by atoms with Crippen LogP contribution in [0.1, 0.15) is 5.56 Å². The third-order valence-corrected chi connectivity index (χ3v) is 3.16. The van der Waals surface area contributed by atoms with E-state index in [1.807, 2.05) is 42.5 Å². The highest BCUT2D eigenvalue weighted by Gasteiger charge is 2.15. The number of fused-ring (bicyclic) bond motifs is 1. The first-order valence-electron chi connectivity index (χ1n) is 5.37. The molecule has 0 amide bonds. The van der Waals surface area contributed by atoms with Crippen molar-refractivity contribution in [2.24, 2.45) is 0 Å². The van der Waals surface area contributed by atoms with Gasteiger partial charge in [-0.2, -0.15) is 0 Å². The number of carbonyl (C=O) groups is 1. The minimum Gasteiger partial charge on any atom is -0.480 e. The summed E-state index contributed by atoms with van der Waals surface area (Å²) in [5, 5.41) is 14.0. The maximum atomic E-state index is 10.9. The van der Waals surface area contributed by atoms with Gasteiger partial charge in [-0.1, -0.05) is 51.9 Å². The summed E-state index contributed by atoms with van der Waals surface area (Å²) in [5.74, 6) is -0.840. The van der Waals surface area contributed by atoms with Crippen LogP contribution < -0.4 is 5.09 Å². The Kier molecular flexibility index (Phi) is 3.72. The van der Waals surface area contributed by atoms with Crippen LogP contribution in [-0.4, -0.2) is 17.1 Å². The van der Waals surface area contributed by atoms with Crippen molar-refractivity contribution in [2.75, 3.05) is 0 Å². The normalized spacial score (nSPS) is 12.5. The standard InChI is InChI=1S/C13H14NO2P/c15-13(16)12(14-17)8-9-5-6-10-3-1-2-4-11(10)7-9/h1-7,12,14H,8,17H2,(H,15,16)/t12-/m0/s1. The van der Waals surface area contributed by atoms with Crippen LogP contribution in [0.25, 0.3) is 10.8 Å². The molecule has 0 radical (unpaired) electrons. The molecule has 2 atom stereocenters. The summed E-state index contributed by atoms with van der Waals surface area (Å²) < 4.78 is 0. The Bertz CT molecular complexity index is 542. The van der Waals surface area contributed by atoms with Crippen LogP contribution in [0.4, 0.5) is 0 Å². The van der Waals surface area contributed by atoms with Gasteiger partial charge in [0.25, 0.3) is 0 Å². The molecule has 0 saturated heterocycles. The van der Waals surface area contributed by atoms with Gasteiger partial charge in [0, 0.05) is 0 Å². The van der Waals surface area contributed by atoms with Gasteiger partial charge >= 0.3 is 5.97 Å². The molecule has 0 heterocycles. The number of carboxylic acid groups (broad SMARTS) is 1. The number of nitrogens with one attached hydrogen (secondary N) is 1. The van der Waals surface area contributed by atoms with Gasteiger partial charge in [-0.25, -0.2) is 0 Å². The lowest BCUT2D eigenvalue weighted by Gasteiger charge is -2.11. The van der Waals surface area contributed by atoms with Crippen molar-refractivity contribution >= 4 is 26.1 Å². The fraction of sp³-hybridized carbons (Fsp3) is 0.154. The lowest BCUT2D eigenvalue weighted by Crippen LogP contribution is -2.32. The molecule has 17 heavy (non-hydrogen) atoms. The van der Waals surface area contributed by atoms with Crippen molar-refractivity contribution in [3.63, 3.8) is 0 Å². The van der Waals surface area contributed by atoms with Crippen LogP contribution in [0, 0.1) is 0 Å². The zero-order valence-corrected chi connectivity index (χ0v) is 10.4. The van der Waals surface area contributed by atoms with Crippen LogP contribution in [0.15, 0.2) is 42.5 Å². The van der Waals surface area contributed by atoms with E-state index in [4.69, 9.17) is 5.11 Å². The van der Waals surface area contributed by atoms with Crippen molar-refractivity contribution in [1.29, 1.82) is 0 Å². The average molecular weight is 247 g/mol. The van der Waals surface area contributed by atoms with Crippen molar-refractivity contribution in [1.82, 2.24) is 5.09 Å². The summed E-state index contributed by atoms with van der Waals surface area (Å²) in [6.45, 7) is 0. The van der Waals surface area contributed by atoms with Gasteiger partial charge in [-0.3, -0.25) is 9.88 Å². The summed E-state index contributed by atoms with van der Waals surface area (Å²) in [7, 11) is 2.26. The summed E-state index contributed by atoms with van der Waals surface area (Å²) >= 11 is 0. The van der Waals surface area contributed by atoms with E-state index in [-0.39, 0.29) is 0 Å². The number of aliphatic carboxylic acids is 1. The average Bonchev–Trinajstić information content (AvgIpc) is 2.35. The van der Waals surface area contributed by atoms with E-state index >= 15 is 0 Å². The zero-order chi connectivity index (χ0) is 12.3. The van der Waals surface area contributed by atoms with E-state index in [2.05, 4.69) is 14.5 Å². The first kappa shape index (κ1) is 12.0. The summed E-state index contributed by atoms with van der Waals surface area (Å²) in [6, 6.07) is 13.5. The molecular weight excluding hydrogens is 233 g/mol. The Morgan fingerprint density at radius 1 is 1.24 bits per heavy atom. The summed E-state index contributed by atoms with van der Waals surface area (Å²) in [6.07, 6.45) is 0.476. The van der Waals surface area contributed by atoms with Gasteiger partial charge in [0.1, 0.15) is 6.04 Å². The van der Waals surface area contributed by atoms with E-state index in [9.17, 15) is 4.79 Å². The molecule has 0 saturated carbocycles. The van der Waals surface area contributed by atoms with Crippen molar-refractivity contribution in [3.05, 3.63) is 48.0 Å². The Balaban J connectivity index is 2.27. The van der Waals surface area contributed by atoms with Crippen LogP contribution in [0.5, 0.6) is 0 Å². The third-order valence-electron chi connectivity index (χ3n) is 2.75. The van der Waals surface area contributed by atoms with E-state index in [1.54, 1.807) is 0 Å². The largest absolute Gasteiger partial charge is 0.480 e. The predicted octanol–water partition coefficient (Wildman–Crippen LogP) is 2.22. The first-order chi connectivity index (χ1) is 8.20. The quantitative estimate of drug-likeness (QED) is 0.814. The minimum absolute atomic E-state index is 0.476.